The Morgan fingerprint density at radius 1 is 1.23 bits per heavy atom. The largest absolute Gasteiger partial charge is 0.463 e. The minimum atomic E-state index is -3.98. The summed E-state index contributed by atoms with van der Waals surface area (Å²) in [5.41, 5.74) is 1.07. The third kappa shape index (κ3) is 4.52. The summed E-state index contributed by atoms with van der Waals surface area (Å²) in [6.45, 7) is 2.71. The Balaban J connectivity index is 1.95. The van der Waals surface area contributed by atoms with Crippen molar-refractivity contribution in [1.29, 1.82) is 0 Å². The highest BCUT2D eigenvalue weighted by atomic mass is 32.2. The molecule has 9 nitrogen and oxygen atoms in total. The number of aliphatic hydroxyl groups is 2. The molecule has 3 rings (SSSR count). The van der Waals surface area contributed by atoms with E-state index in [0.717, 1.165) is 5.56 Å². The van der Waals surface area contributed by atoms with E-state index in [1.807, 2.05) is 0 Å². The minimum Gasteiger partial charge on any atom is -0.463 e. The van der Waals surface area contributed by atoms with Crippen molar-refractivity contribution in [2.24, 2.45) is 0 Å². The molecule has 1 aliphatic carbocycles. The first-order chi connectivity index (χ1) is 14.2. The summed E-state index contributed by atoms with van der Waals surface area (Å²) in [7, 11) is -3.98. The van der Waals surface area contributed by atoms with E-state index in [2.05, 4.69) is 4.72 Å². The second-order valence-corrected chi connectivity index (χ2v) is 9.16. The summed E-state index contributed by atoms with van der Waals surface area (Å²) < 4.78 is 45.5. The van der Waals surface area contributed by atoms with Crippen molar-refractivity contribution in [1.82, 2.24) is 0 Å². The van der Waals surface area contributed by atoms with Crippen LogP contribution in [0.1, 0.15) is 25.3 Å². The smallest absolute Gasteiger partial charge is 0.335 e. The number of esters is 1. The number of sulfonamides is 1. The second kappa shape index (κ2) is 9.03. The van der Waals surface area contributed by atoms with E-state index in [1.54, 1.807) is 38.1 Å². The van der Waals surface area contributed by atoms with E-state index < -0.39 is 39.2 Å². The zero-order valence-electron chi connectivity index (χ0n) is 16.9. The third-order valence-corrected chi connectivity index (χ3v) is 6.98. The SMILES string of the molecule is CCOC(=O)C1=CC2(CCC1S(=O)(=O)Nc1ccccc1C)O[C@H](CO)[C@@H](CO)O2. The molecule has 1 saturated heterocycles. The van der Waals surface area contributed by atoms with Crippen LogP contribution in [0.4, 0.5) is 5.69 Å². The van der Waals surface area contributed by atoms with Gasteiger partial charge in [-0.1, -0.05) is 18.2 Å². The standard InChI is InChI=1S/C20H27NO8S/c1-3-27-19(24)14-10-20(28-16(11-22)17(12-23)29-20)9-8-18(14)30(25,26)21-15-7-5-4-6-13(15)2/h4-7,10,16-18,21-23H,3,8-9,11-12H2,1-2H3/t16-,17-,18?/m1/s1. The quantitative estimate of drug-likeness (QED) is 0.531. The Kier molecular flexibility index (Phi) is 6.83. The molecule has 1 fully saturated rings. The van der Waals surface area contributed by atoms with Gasteiger partial charge in [-0.25, -0.2) is 13.2 Å². The summed E-state index contributed by atoms with van der Waals surface area (Å²) in [5.74, 6) is -2.19. The average Bonchev–Trinajstić information content (AvgIpc) is 3.06. The molecule has 3 atom stereocenters. The van der Waals surface area contributed by atoms with Crippen LogP contribution in [0.15, 0.2) is 35.9 Å². The van der Waals surface area contributed by atoms with Crippen molar-refractivity contribution in [3.63, 3.8) is 0 Å². The van der Waals surface area contributed by atoms with Gasteiger partial charge < -0.3 is 24.4 Å². The van der Waals surface area contributed by atoms with Gasteiger partial charge in [-0.2, -0.15) is 0 Å². The highest BCUT2D eigenvalue weighted by Gasteiger charge is 2.51. The molecule has 1 aromatic rings. The minimum absolute atomic E-state index is 0.0299. The van der Waals surface area contributed by atoms with E-state index in [0.29, 0.717) is 5.69 Å². The maximum Gasteiger partial charge on any atom is 0.335 e. The molecule has 166 valence electrons. The van der Waals surface area contributed by atoms with Gasteiger partial charge in [0.25, 0.3) is 0 Å². The summed E-state index contributed by atoms with van der Waals surface area (Å²) >= 11 is 0. The van der Waals surface area contributed by atoms with Crippen LogP contribution in [-0.4, -0.2) is 67.7 Å². The molecule has 0 bridgehead atoms. The van der Waals surface area contributed by atoms with Gasteiger partial charge in [0.15, 0.2) is 5.79 Å². The van der Waals surface area contributed by atoms with E-state index in [4.69, 9.17) is 14.2 Å². The molecule has 10 heteroatoms. The maximum atomic E-state index is 13.1. The Morgan fingerprint density at radius 3 is 2.43 bits per heavy atom. The fourth-order valence-corrected chi connectivity index (χ4v) is 5.32. The van der Waals surface area contributed by atoms with Crippen LogP contribution in [-0.2, 0) is 29.0 Å². The molecule has 1 unspecified atom stereocenters. The van der Waals surface area contributed by atoms with Crippen molar-refractivity contribution >= 4 is 21.7 Å². The summed E-state index contributed by atoms with van der Waals surface area (Å²) in [4.78, 5) is 12.6. The molecule has 1 spiro atoms. The predicted octanol–water partition coefficient (Wildman–Crippen LogP) is 0.854. The number of anilines is 1. The number of ether oxygens (including phenoxy) is 3. The molecule has 0 amide bonds. The van der Waals surface area contributed by atoms with Crippen molar-refractivity contribution in [3.05, 3.63) is 41.5 Å². The van der Waals surface area contributed by atoms with Crippen LogP contribution < -0.4 is 4.72 Å². The fourth-order valence-electron chi connectivity index (χ4n) is 3.72. The second-order valence-electron chi connectivity index (χ2n) is 7.30. The average molecular weight is 442 g/mol. The molecule has 2 aliphatic rings. The first-order valence-electron chi connectivity index (χ1n) is 9.79. The number of benzene rings is 1. The van der Waals surface area contributed by atoms with Gasteiger partial charge >= 0.3 is 5.97 Å². The van der Waals surface area contributed by atoms with E-state index in [-0.39, 0.29) is 38.2 Å². The van der Waals surface area contributed by atoms with Gasteiger partial charge in [-0.3, -0.25) is 4.72 Å². The summed E-state index contributed by atoms with van der Waals surface area (Å²) in [5, 5.41) is 17.8. The predicted molar refractivity (Wildman–Crippen MR) is 108 cm³/mol. The molecule has 1 aromatic carbocycles. The number of rotatable bonds is 7. The number of nitrogens with one attached hydrogen (secondary N) is 1. The maximum absolute atomic E-state index is 13.1. The lowest BCUT2D eigenvalue weighted by atomic mass is 9.94. The van der Waals surface area contributed by atoms with Gasteiger partial charge in [-0.15, -0.1) is 0 Å². The number of aliphatic hydroxyl groups excluding tert-OH is 2. The number of carbonyl (C=O) groups excluding carboxylic acids is 1. The Bertz CT molecular complexity index is 901. The molecular weight excluding hydrogens is 414 g/mol. The molecule has 1 heterocycles. The van der Waals surface area contributed by atoms with E-state index in [1.165, 1.54) is 6.08 Å². The van der Waals surface area contributed by atoms with Crippen molar-refractivity contribution in [2.45, 2.75) is 49.9 Å². The zero-order valence-corrected chi connectivity index (χ0v) is 17.7. The van der Waals surface area contributed by atoms with Gasteiger partial charge in [-0.05, 0) is 38.0 Å². The van der Waals surface area contributed by atoms with Crippen LogP contribution in [0.2, 0.25) is 0 Å². The van der Waals surface area contributed by atoms with Crippen molar-refractivity contribution < 1.29 is 37.6 Å². The summed E-state index contributed by atoms with van der Waals surface area (Å²) in [6, 6.07) is 6.93. The van der Waals surface area contributed by atoms with Crippen molar-refractivity contribution in [3.8, 4) is 0 Å². The van der Waals surface area contributed by atoms with Gasteiger partial charge in [0, 0.05) is 6.42 Å². The van der Waals surface area contributed by atoms with Crippen LogP contribution in [0.5, 0.6) is 0 Å². The highest BCUT2D eigenvalue weighted by molar-refractivity contribution is 7.93. The summed E-state index contributed by atoms with van der Waals surface area (Å²) in [6.07, 6.45) is -0.0974. The number of hydrogen-bond donors (Lipinski definition) is 3. The van der Waals surface area contributed by atoms with Crippen molar-refractivity contribution in [2.75, 3.05) is 24.5 Å². The third-order valence-electron chi connectivity index (χ3n) is 5.24. The topological polar surface area (TPSA) is 131 Å². The van der Waals surface area contributed by atoms with Gasteiger partial charge in [0.1, 0.15) is 17.5 Å². The Labute approximate surface area is 175 Å². The van der Waals surface area contributed by atoms with E-state index >= 15 is 0 Å². The van der Waals surface area contributed by atoms with Gasteiger partial charge in [0.2, 0.25) is 10.0 Å². The normalized spacial score (nSPS) is 25.7. The molecule has 30 heavy (non-hydrogen) atoms. The lowest BCUT2D eigenvalue weighted by Crippen LogP contribution is -2.42. The fraction of sp³-hybridized carbons (Fsp3) is 0.550. The van der Waals surface area contributed by atoms with Crippen LogP contribution >= 0.6 is 0 Å². The van der Waals surface area contributed by atoms with Crippen LogP contribution in [0, 0.1) is 6.92 Å². The number of para-hydroxylation sites is 1. The number of carbonyl (C=O) groups is 1. The molecular formula is C20H27NO8S. The number of aryl methyl sites for hydroxylation is 1. The van der Waals surface area contributed by atoms with E-state index in [9.17, 15) is 23.4 Å². The molecule has 0 radical (unpaired) electrons. The number of hydrogen-bond acceptors (Lipinski definition) is 8. The first kappa shape index (κ1) is 22.7. The molecule has 1 aliphatic heterocycles. The zero-order chi connectivity index (χ0) is 21.9. The molecule has 3 N–H and O–H groups in total. The first-order valence-corrected chi connectivity index (χ1v) is 11.3. The lowest BCUT2D eigenvalue weighted by Gasteiger charge is -2.33. The highest BCUT2D eigenvalue weighted by Crippen LogP contribution is 2.41. The monoisotopic (exact) mass is 441 g/mol. The molecule has 0 saturated carbocycles. The lowest BCUT2D eigenvalue weighted by molar-refractivity contribution is -0.154. The molecule has 0 aromatic heterocycles. The Hall–Kier alpha value is -1.98. The Morgan fingerprint density at radius 2 is 1.87 bits per heavy atom. The van der Waals surface area contributed by atoms with Crippen LogP contribution in [0.25, 0.3) is 0 Å². The van der Waals surface area contributed by atoms with Gasteiger partial charge in [0.05, 0.1) is 31.1 Å². The van der Waals surface area contributed by atoms with Crippen LogP contribution in [0.3, 0.4) is 0 Å².